The Balaban J connectivity index is 2.31. The molecule has 5 heteroatoms. The van der Waals surface area contributed by atoms with Crippen molar-refractivity contribution in [3.05, 3.63) is 63.9 Å². The zero-order valence-electron chi connectivity index (χ0n) is 11.3. The van der Waals surface area contributed by atoms with Crippen LogP contribution >= 0.6 is 15.9 Å². The third-order valence-electron chi connectivity index (χ3n) is 3.23. The first-order valence-electron chi connectivity index (χ1n) is 6.32. The van der Waals surface area contributed by atoms with Crippen molar-refractivity contribution in [3.8, 4) is 5.75 Å². The van der Waals surface area contributed by atoms with E-state index in [0.717, 1.165) is 10.0 Å². The summed E-state index contributed by atoms with van der Waals surface area (Å²) in [7, 11) is 1.55. The third kappa shape index (κ3) is 3.61. The maximum absolute atomic E-state index is 13.8. The summed E-state index contributed by atoms with van der Waals surface area (Å²) >= 11 is 3.36. The zero-order valence-corrected chi connectivity index (χ0v) is 12.9. The van der Waals surface area contributed by atoms with Gasteiger partial charge in [0.2, 0.25) is 0 Å². The summed E-state index contributed by atoms with van der Waals surface area (Å²) in [6.07, 6.45) is 0.207. The molecule has 0 aliphatic heterocycles. The van der Waals surface area contributed by atoms with Gasteiger partial charge in [-0.15, -0.1) is 0 Å². The molecular formula is C16H14BrFO3. The maximum Gasteiger partial charge on any atom is 0.311 e. The Morgan fingerprint density at radius 2 is 2.05 bits per heavy atom. The molecule has 21 heavy (non-hydrogen) atoms. The van der Waals surface area contributed by atoms with Crippen LogP contribution in [0, 0.1) is 5.82 Å². The number of hydrogen-bond acceptors (Lipinski definition) is 2. The number of benzene rings is 2. The Kier molecular flexibility index (Phi) is 4.96. The smallest absolute Gasteiger partial charge is 0.311 e. The zero-order chi connectivity index (χ0) is 15.4. The molecule has 0 aliphatic rings. The molecule has 0 aliphatic carbocycles. The van der Waals surface area contributed by atoms with Gasteiger partial charge in [0.25, 0.3) is 0 Å². The lowest BCUT2D eigenvalue weighted by atomic mass is 9.91. The summed E-state index contributed by atoms with van der Waals surface area (Å²) in [5.41, 5.74) is 0.982. The molecule has 3 nitrogen and oxygen atoms in total. The third-order valence-corrected chi connectivity index (χ3v) is 3.85. The van der Waals surface area contributed by atoms with Crippen LogP contribution in [0.3, 0.4) is 0 Å². The molecule has 2 rings (SSSR count). The lowest BCUT2D eigenvalue weighted by Crippen LogP contribution is -2.16. The van der Waals surface area contributed by atoms with E-state index in [-0.39, 0.29) is 12.0 Å². The summed E-state index contributed by atoms with van der Waals surface area (Å²) in [4.78, 5) is 11.5. The van der Waals surface area contributed by atoms with Gasteiger partial charge in [-0.3, -0.25) is 4.79 Å². The van der Waals surface area contributed by atoms with Crippen molar-refractivity contribution in [2.24, 2.45) is 0 Å². The van der Waals surface area contributed by atoms with Crippen molar-refractivity contribution in [1.29, 1.82) is 0 Å². The van der Waals surface area contributed by atoms with Gasteiger partial charge in [0.15, 0.2) is 0 Å². The van der Waals surface area contributed by atoms with Crippen molar-refractivity contribution in [2.45, 2.75) is 12.3 Å². The molecule has 0 saturated carbocycles. The number of hydrogen-bond donors (Lipinski definition) is 1. The van der Waals surface area contributed by atoms with E-state index in [2.05, 4.69) is 15.9 Å². The summed E-state index contributed by atoms with van der Waals surface area (Å²) in [5.74, 6) is -1.81. The van der Waals surface area contributed by atoms with E-state index in [1.54, 1.807) is 37.4 Å². The maximum atomic E-state index is 13.8. The van der Waals surface area contributed by atoms with Crippen molar-refractivity contribution < 1.29 is 19.0 Å². The summed E-state index contributed by atoms with van der Waals surface area (Å²) in [5, 5.41) is 9.38. The van der Waals surface area contributed by atoms with E-state index < -0.39 is 17.7 Å². The largest absolute Gasteiger partial charge is 0.496 e. The second-order valence-electron chi connectivity index (χ2n) is 4.59. The van der Waals surface area contributed by atoms with Crippen LogP contribution in [-0.2, 0) is 11.2 Å². The molecule has 2 aromatic rings. The molecule has 0 aromatic heterocycles. The molecule has 2 aromatic carbocycles. The number of halogens is 2. The minimum atomic E-state index is -1.05. The second-order valence-corrected chi connectivity index (χ2v) is 5.44. The Labute approximate surface area is 130 Å². The molecule has 0 fully saturated rings. The molecule has 0 saturated heterocycles. The average Bonchev–Trinajstić information content (AvgIpc) is 2.45. The van der Waals surface area contributed by atoms with Gasteiger partial charge < -0.3 is 9.84 Å². The molecule has 0 amide bonds. The summed E-state index contributed by atoms with van der Waals surface area (Å²) < 4.78 is 19.7. The van der Waals surface area contributed by atoms with E-state index in [1.807, 2.05) is 0 Å². The normalized spacial score (nSPS) is 12.0. The van der Waals surface area contributed by atoms with Gasteiger partial charge in [0.05, 0.1) is 17.5 Å². The van der Waals surface area contributed by atoms with Gasteiger partial charge in [-0.05, 0) is 46.1 Å². The summed E-state index contributed by atoms with van der Waals surface area (Å²) in [6.45, 7) is 0. The van der Waals surface area contributed by atoms with Gasteiger partial charge >= 0.3 is 5.97 Å². The van der Waals surface area contributed by atoms with Crippen LogP contribution in [0.25, 0.3) is 0 Å². The highest BCUT2D eigenvalue weighted by Gasteiger charge is 2.23. The SMILES string of the molecule is COc1ccc(CC(C(=O)O)c2ccccc2F)cc1Br. The number of methoxy groups -OCH3 is 1. The average molecular weight is 353 g/mol. The van der Waals surface area contributed by atoms with Crippen LogP contribution in [0.4, 0.5) is 4.39 Å². The highest BCUT2D eigenvalue weighted by Crippen LogP contribution is 2.29. The Hall–Kier alpha value is -1.88. The molecule has 1 N–H and O–H groups in total. The monoisotopic (exact) mass is 352 g/mol. The van der Waals surface area contributed by atoms with Gasteiger partial charge in [-0.25, -0.2) is 4.39 Å². The highest BCUT2D eigenvalue weighted by atomic mass is 79.9. The fourth-order valence-corrected chi connectivity index (χ4v) is 2.75. The lowest BCUT2D eigenvalue weighted by molar-refractivity contribution is -0.138. The van der Waals surface area contributed by atoms with Crippen molar-refractivity contribution in [3.63, 3.8) is 0 Å². The topological polar surface area (TPSA) is 46.5 Å². The first-order chi connectivity index (χ1) is 10.0. The first-order valence-corrected chi connectivity index (χ1v) is 7.12. The first kappa shape index (κ1) is 15.5. The van der Waals surface area contributed by atoms with Crippen LogP contribution in [-0.4, -0.2) is 18.2 Å². The number of aliphatic carboxylic acids is 1. The van der Waals surface area contributed by atoms with Crippen LogP contribution in [0.1, 0.15) is 17.0 Å². The minimum Gasteiger partial charge on any atom is -0.496 e. The Morgan fingerprint density at radius 1 is 1.33 bits per heavy atom. The Bertz CT molecular complexity index is 658. The molecule has 0 radical (unpaired) electrons. The number of rotatable bonds is 5. The highest BCUT2D eigenvalue weighted by molar-refractivity contribution is 9.10. The number of carboxylic acid groups (broad SMARTS) is 1. The molecular weight excluding hydrogens is 339 g/mol. The number of carboxylic acids is 1. The van der Waals surface area contributed by atoms with Crippen LogP contribution < -0.4 is 4.74 Å². The second kappa shape index (κ2) is 6.72. The number of carbonyl (C=O) groups is 1. The lowest BCUT2D eigenvalue weighted by Gasteiger charge is -2.14. The molecule has 0 spiro atoms. The molecule has 1 atom stereocenters. The summed E-state index contributed by atoms with van der Waals surface area (Å²) in [6, 6.07) is 11.3. The fourth-order valence-electron chi connectivity index (χ4n) is 2.16. The van der Waals surface area contributed by atoms with Gasteiger partial charge in [-0.1, -0.05) is 24.3 Å². The van der Waals surface area contributed by atoms with Crippen molar-refractivity contribution in [1.82, 2.24) is 0 Å². The number of ether oxygens (including phenoxy) is 1. The quantitative estimate of drug-likeness (QED) is 0.884. The van der Waals surface area contributed by atoms with Gasteiger partial charge in [-0.2, -0.15) is 0 Å². The molecule has 0 heterocycles. The van der Waals surface area contributed by atoms with E-state index in [4.69, 9.17) is 4.74 Å². The van der Waals surface area contributed by atoms with E-state index in [9.17, 15) is 14.3 Å². The Morgan fingerprint density at radius 3 is 2.62 bits per heavy atom. The van der Waals surface area contributed by atoms with Crippen LogP contribution in [0.5, 0.6) is 5.75 Å². The van der Waals surface area contributed by atoms with Crippen molar-refractivity contribution in [2.75, 3.05) is 7.11 Å². The molecule has 110 valence electrons. The molecule has 0 bridgehead atoms. The van der Waals surface area contributed by atoms with Crippen LogP contribution in [0.15, 0.2) is 46.9 Å². The van der Waals surface area contributed by atoms with E-state index >= 15 is 0 Å². The fraction of sp³-hybridized carbons (Fsp3) is 0.188. The minimum absolute atomic E-state index is 0.192. The molecule has 1 unspecified atom stereocenters. The van der Waals surface area contributed by atoms with Gasteiger partial charge in [0.1, 0.15) is 11.6 Å². The standard InChI is InChI=1S/C16H14BrFO3/c1-21-15-7-6-10(9-13(15)17)8-12(16(19)20)11-4-2-3-5-14(11)18/h2-7,9,12H,8H2,1H3,(H,19,20). The van der Waals surface area contributed by atoms with Gasteiger partial charge in [0, 0.05) is 5.56 Å². The predicted octanol–water partition coefficient (Wildman–Crippen LogP) is 4.01. The van der Waals surface area contributed by atoms with Crippen molar-refractivity contribution >= 4 is 21.9 Å². The van der Waals surface area contributed by atoms with E-state index in [1.165, 1.54) is 12.1 Å². The van der Waals surface area contributed by atoms with Crippen LogP contribution in [0.2, 0.25) is 0 Å². The predicted molar refractivity (Wildman–Crippen MR) is 81.2 cm³/mol. The van der Waals surface area contributed by atoms with E-state index in [0.29, 0.717) is 5.75 Å².